The molecule has 1 aliphatic heterocycles. The lowest BCUT2D eigenvalue weighted by molar-refractivity contribution is -0.138. The molecule has 6 nitrogen and oxygen atoms in total. The van der Waals surface area contributed by atoms with Gasteiger partial charge in [-0.3, -0.25) is 14.4 Å². The summed E-state index contributed by atoms with van der Waals surface area (Å²) in [4.78, 5) is 15.9. The number of halogens is 2. The topological polar surface area (TPSA) is 50.6 Å². The number of hydrogen-bond donors (Lipinski definition) is 0. The van der Waals surface area contributed by atoms with E-state index in [1.54, 1.807) is 14.1 Å². The Labute approximate surface area is 181 Å². The minimum atomic E-state index is -0.555. The second-order valence-corrected chi connectivity index (χ2v) is 9.12. The van der Waals surface area contributed by atoms with Crippen LogP contribution in [-0.2, 0) is 16.1 Å². The van der Waals surface area contributed by atoms with Gasteiger partial charge in [-0.05, 0) is 43.2 Å². The summed E-state index contributed by atoms with van der Waals surface area (Å²) in [7, 11) is 3.45. The number of likely N-dealkylation sites (N-methyl/N-ethyl adjacent to an activating group) is 1. The Hall–Kier alpha value is -2.32. The van der Waals surface area contributed by atoms with Crippen molar-refractivity contribution in [3.05, 3.63) is 53.4 Å². The van der Waals surface area contributed by atoms with Gasteiger partial charge in [0.1, 0.15) is 18.2 Å². The molecule has 8 heteroatoms. The Balaban J connectivity index is 1.46. The summed E-state index contributed by atoms with van der Waals surface area (Å²) in [6.07, 6.45) is 5.49. The van der Waals surface area contributed by atoms with E-state index in [1.165, 1.54) is 17.0 Å². The van der Waals surface area contributed by atoms with Crippen molar-refractivity contribution < 1.29 is 18.3 Å². The van der Waals surface area contributed by atoms with Crippen LogP contribution in [0.5, 0.6) is 0 Å². The fourth-order valence-electron chi connectivity index (χ4n) is 4.89. The minimum absolute atomic E-state index is 0.0519. The highest BCUT2D eigenvalue weighted by Gasteiger charge is 2.43. The summed E-state index contributed by atoms with van der Waals surface area (Å²) < 4.78 is 35.4. The molecule has 1 amide bonds. The second-order valence-electron chi connectivity index (χ2n) is 9.12. The Kier molecular flexibility index (Phi) is 6.39. The predicted octanol–water partition coefficient (Wildman–Crippen LogP) is 3.03. The Morgan fingerprint density at radius 2 is 1.97 bits per heavy atom. The van der Waals surface area contributed by atoms with Gasteiger partial charge in [0.25, 0.3) is 0 Å². The molecule has 1 saturated carbocycles. The van der Waals surface area contributed by atoms with Crippen molar-refractivity contribution in [2.45, 2.75) is 38.5 Å². The Bertz CT molecular complexity index is 932. The third-order valence-corrected chi connectivity index (χ3v) is 6.56. The van der Waals surface area contributed by atoms with E-state index in [4.69, 9.17) is 4.74 Å². The summed E-state index contributed by atoms with van der Waals surface area (Å²) in [5.41, 5.74) is 1.61. The van der Waals surface area contributed by atoms with Gasteiger partial charge in [0.05, 0.1) is 18.3 Å². The van der Waals surface area contributed by atoms with Gasteiger partial charge in [0.15, 0.2) is 0 Å². The highest BCUT2D eigenvalue weighted by Crippen LogP contribution is 2.42. The Morgan fingerprint density at radius 3 is 2.61 bits per heavy atom. The van der Waals surface area contributed by atoms with Gasteiger partial charge in [-0.2, -0.15) is 5.10 Å². The molecule has 1 aromatic heterocycles. The summed E-state index contributed by atoms with van der Waals surface area (Å²) >= 11 is 0. The van der Waals surface area contributed by atoms with Crippen molar-refractivity contribution in [1.82, 2.24) is 19.6 Å². The van der Waals surface area contributed by atoms with Crippen LogP contribution in [0.25, 0.3) is 0 Å². The number of hydrogen-bond acceptors (Lipinski definition) is 4. The minimum Gasteiger partial charge on any atom is -0.366 e. The number of aromatic nitrogens is 2. The standard InChI is InChI=1S/C23H30F2N4O2/c1-15-9-26-29(10-15)21-6-17-12-28(11-16-4-5-19(24)8-20(16)25)13-18(17)7-22(21)31-14-23(30)27(2)3/h4-5,8-10,17-18,21-22H,6-7,11-14H2,1-3H3/t17-,18+,21-,22-/m0/s1. The number of aryl methyl sites for hydroxylation is 1. The van der Waals surface area contributed by atoms with Crippen LogP contribution in [0.4, 0.5) is 8.78 Å². The molecule has 31 heavy (non-hydrogen) atoms. The van der Waals surface area contributed by atoms with Crippen LogP contribution in [-0.4, -0.2) is 65.4 Å². The number of fused-ring (bicyclic) bond motifs is 1. The van der Waals surface area contributed by atoms with Crippen molar-refractivity contribution in [3.8, 4) is 0 Å². The molecule has 0 radical (unpaired) electrons. The first kappa shape index (κ1) is 21.9. The number of ether oxygens (including phenoxy) is 1. The van der Waals surface area contributed by atoms with E-state index in [-0.39, 0.29) is 24.7 Å². The monoisotopic (exact) mass is 432 g/mol. The molecule has 1 aliphatic carbocycles. The number of benzene rings is 1. The Morgan fingerprint density at radius 1 is 1.23 bits per heavy atom. The number of likely N-dealkylation sites (tertiary alicyclic amines) is 1. The summed E-state index contributed by atoms with van der Waals surface area (Å²) in [6, 6.07) is 3.84. The molecule has 0 unspecified atom stereocenters. The van der Waals surface area contributed by atoms with Gasteiger partial charge in [-0.25, -0.2) is 8.78 Å². The van der Waals surface area contributed by atoms with Crippen LogP contribution >= 0.6 is 0 Å². The zero-order valence-corrected chi connectivity index (χ0v) is 18.3. The van der Waals surface area contributed by atoms with Gasteiger partial charge < -0.3 is 9.64 Å². The first-order valence-corrected chi connectivity index (χ1v) is 10.8. The van der Waals surface area contributed by atoms with Crippen molar-refractivity contribution in [2.24, 2.45) is 11.8 Å². The third-order valence-electron chi connectivity index (χ3n) is 6.56. The second kappa shape index (κ2) is 9.04. The molecule has 2 aromatic rings. The van der Waals surface area contributed by atoms with Crippen molar-refractivity contribution in [1.29, 1.82) is 0 Å². The molecule has 2 aliphatic rings. The molecule has 168 valence electrons. The maximum atomic E-state index is 14.1. The SMILES string of the molecule is Cc1cnn([C@H]2C[C@H]3CN(Cc4ccc(F)cc4F)C[C@H]3C[C@@H]2OCC(=O)N(C)C)c1. The van der Waals surface area contributed by atoms with Crippen LogP contribution < -0.4 is 0 Å². The molecular formula is C23H30F2N4O2. The van der Waals surface area contributed by atoms with Gasteiger partial charge in [0.2, 0.25) is 5.91 Å². The number of carbonyl (C=O) groups is 1. The summed E-state index contributed by atoms with van der Waals surface area (Å²) in [5.74, 6) is -0.250. The molecular weight excluding hydrogens is 402 g/mol. The van der Waals surface area contributed by atoms with E-state index in [2.05, 4.69) is 10.00 Å². The molecule has 1 aromatic carbocycles. The van der Waals surface area contributed by atoms with Gasteiger partial charge in [-0.15, -0.1) is 0 Å². The largest absolute Gasteiger partial charge is 0.366 e. The van der Waals surface area contributed by atoms with Crippen LogP contribution in [0.3, 0.4) is 0 Å². The van der Waals surface area contributed by atoms with Crippen molar-refractivity contribution in [3.63, 3.8) is 0 Å². The van der Waals surface area contributed by atoms with E-state index < -0.39 is 11.6 Å². The summed E-state index contributed by atoms with van der Waals surface area (Å²) in [5, 5.41) is 4.52. The summed E-state index contributed by atoms with van der Waals surface area (Å²) in [6.45, 7) is 4.23. The smallest absolute Gasteiger partial charge is 0.248 e. The fourth-order valence-corrected chi connectivity index (χ4v) is 4.89. The first-order valence-electron chi connectivity index (χ1n) is 10.8. The third kappa shape index (κ3) is 4.96. The number of amides is 1. The lowest BCUT2D eigenvalue weighted by atomic mass is 9.77. The number of rotatable bonds is 6. The molecule has 4 rings (SSSR count). The average Bonchev–Trinajstić information content (AvgIpc) is 3.32. The highest BCUT2D eigenvalue weighted by atomic mass is 19.1. The maximum Gasteiger partial charge on any atom is 0.248 e. The van der Waals surface area contributed by atoms with E-state index >= 15 is 0 Å². The molecule has 1 saturated heterocycles. The van der Waals surface area contributed by atoms with E-state index in [0.717, 1.165) is 37.6 Å². The lowest BCUT2D eigenvalue weighted by Gasteiger charge is -2.38. The maximum absolute atomic E-state index is 14.1. The molecule has 0 spiro atoms. The lowest BCUT2D eigenvalue weighted by Crippen LogP contribution is -2.40. The van der Waals surface area contributed by atoms with Crippen LogP contribution in [0, 0.1) is 30.4 Å². The fraction of sp³-hybridized carbons (Fsp3) is 0.565. The molecule has 0 N–H and O–H groups in total. The van der Waals surface area contributed by atoms with Crippen molar-refractivity contribution >= 4 is 5.91 Å². The van der Waals surface area contributed by atoms with Gasteiger partial charge >= 0.3 is 0 Å². The van der Waals surface area contributed by atoms with Crippen molar-refractivity contribution in [2.75, 3.05) is 33.8 Å². The van der Waals surface area contributed by atoms with Crippen LogP contribution in [0.15, 0.2) is 30.6 Å². The number of nitrogens with zero attached hydrogens (tertiary/aromatic N) is 4. The van der Waals surface area contributed by atoms with Crippen LogP contribution in [0.1, 0.15) is 30.0 Å². The first-order chi connectivity index (χ1) is 14.8. The molecule has 0 bridgehead atoms. The van der Waals surface area contributed by atoms with Gasteiger partial charge in [0, 0.05) is 51.6 Å². The normalized spacial score (nSPS) is 26.1. The highest BCUT2D eigenvalue weighted by molar-refractivity contribution is 5.76. The van der Waals surface area contributed by atoms with Gasteiger partial charge in [-0.1, -0.05) is 6.07 Å². The quantitative estimate of drug-likeness (QED) is 0.704. The van der Waals surface area contributed by atoms with E-state index in [0.29, 0.717) is 23.9 Å². The molecule has 2 heterocycles. The predicted molar refractivity (Wildman–Crippen MR) is 112 cm³/mol. The molecule has 4 atom stereocenters. The zero-order chi connectivity index (χ0) is 22.1. The zero-order valence-electron chi connectivity index (χ0n) is 18.3. The van der Waals surface area contributed by atoms with E-state index in [1.807, 2.05) is 24.0 Å². The molecule has 2 fully saturated rings. The average molecular weight is 433 g/mol. The van der Waals surface area contributed by atoms with Crippen LogP contribution in [0.2, 0.25) is 0 Å². The van der Waals surface area contributed by atoms with E-state index in [9.17, 15) is 13.6 Å². The number of carbonyl (C=O) groups excluding carboxylic acids is 1.